The summed E-state index contributed by atoms with van der Waals surface area (Å²) < 4.78 is 95.1. The number of halogens is 7. The maximum atomic E-state index is 14.2. The number of alkyl halides is 3. The summed E-state index contributed by atoms with van der Waals surface area (Å²) in [7, 11) is 0. The standard InChI is InChI=1S/C20H12ClF6NO5/c1-19(2)32-17(29)9(18(30)33-19)7-28-14-6-15(10(21)5-11(14)22)31-16-12(23)3-8(4-13(16)24)20(25,26)27/h3-7,28H,1-2H3. The van der Waals surface area contributed by atoms with E-state index in [-0.39, 0.29) is 12.1 Å². The summed E-state index contributed by atoms with van der Waals surface area (Å²) in [5.41, 5.74) is -2.68. The zero-order valence-electron chi connectivity index (χ0n) is 16.6. The Balaban J connectivity index is 1.90. The molecule has 0 aromatic heterocycles. The van der Waals surface area contributed by atoms with Crippen molar-refractivity contribution in [1.29, 1.82) is 0 Å². The van der Waals surface area contributed by atoms with Gasteiger partial charge in [-0.25, -0.2) is 22.8 Å². The third kappa shape index (κ3) is 5.33. The summed E-state index contributed by atoms with van der Waals surface area (Å²) in [5, 5.41) is 1.79. The Hall–Kier alpha value is -3.41. The molecule has 1 aliphatic heterocycles. The molecule has 6 nitrogen and oxygen atoms in total. The number of ether oxygens (including phenoxy) is 3. The van der Waals surface area contributed by atoms with Gasteiger partial charge in [-0.1, -0.05) is 11.6 Å². The summed E-state index contributed by atoms with van der Waals surface area (Å²) in [6.45, 7) is 2.63. The monoisotopic (exact) mass is 495 g/mol. The highest BCUT2D eigenvalue weighted by Gasteiger charge is 2.39. The van der Waals surface area contributed by atoms with Crippen molar-refractivity contribution < 1.29 is 50.1 Å². The first kappa shape index (κ1) is 24.2. The van der Waals surface area contributed by atoms with E-state index in [1.807, 2.05) is 0 Å². The predicted octanol–water partition coefficient (Wildman–Crippen LogP) is 5.70. The highest BCUT2D eigenvalue weighted by atomic mass is 35.5. The van der Waals surface area contributed by atoms with E-state index in [2.05, 4.69) is 5.32 Å². The van der Waals surface area contributed by atoms with E-state index in [1.165, 1.54) is 13.8 Å². The summed E-state index contributed by atoms with van der Waals surface area (Å²) >= 11 is 5.81. The van der Waals surface area contributed by atoms with Gasteiger partial charge in [0.05, 0.1) is 16.3 Å². The summed E-state index contributed by atoms with van der Waals surface area (Å²) in [6.07, 6.45) is -4.25. The van der Waals surface area contributed by atoms with Gasteiger partial charge in [-0.15, -0.1) is 0 Å². The molecule has 0 amide bonds. The molecule has 2 aromatic carbocycles. The minimum absolute atomic E-state index is 0.0151. The van der Waals surface area contributed by atoms with Crippen molar-refractivity contribution in [1.82, 2.24) is 0 Å². The Labute approximate surface area is 186 Å². The van der Waals surface area contributed by atoms with Gasteiger partial charge < -0.3 is 19.5 Å². The highest BCUT2D eigenvalue weighted by Crippen LogP contribution is 2.39. The van der Waals surface area contributed by atoms with Crippen LogP contribution in [0.25, 0.3) is 0 Å². The van der Waals surface area contributed by atoms with Crippen LogP contribution in [0.15, 0.2) is 36.0 Å². The number of hydrogen-bond donors (Lipinski definition) is 1. The van der Waals surface area contributed by atoms with Crippen LogP contribution in [0.1, 0.15) is 19.4 Å². The van der Waals surface area contributed by atoms with Crippen LogP contribution in [0.3, 0.4) is 0 Å². The Morgan fingerprint density at radius 3 is 2.03 bits per heavy atom. The number of anilines is 1. The third-order valence-electron chi connectivity index (χ3n) is 4.05. The minimum atomic E-state index is -5.01. The van der Waals surface area contributed by atoms with E-state index in [0.29, 0.717) is 6.07 Å². The number of rotatable bonds is 4. The molecular formula is C20H12ClF6NO5. The summed E-state index contributed by atoms with van der Waals surface area (Å²) in [4.78, 5) is 23.9. The lowest BCUT2D eigenvalue weighted by Gasteiger charge is -2.29. The van der Waals surface area contributed by atoms with Crippen molar-refractivity contribution in [2.75, 3.05) is 5.32 Å². The first-order chi connectivity index (χ1) is 15.2. The SMILES string of the molecule is CC1(C)OC(=O)C(=CNc2cc(Oc3c(F)cc(C(F)(F)F)cc3F)c(Cl)cc2F)C(=O)O1. The smallest absolute Gasteiger partial charge is 0.416 e. The van der Waals surface area contributed by atoms with Crippen LogP contribution < -0.4 is 10.1 Å². The number of esters is 2. The Morgan fingerprint density at radius 2 is 1.52 bits per heavy atom. The Kier molecular flexibility index (Phi) is 6.25. The number of benzene rings is 2. The average molecular weight is 496 g/mol. The van der Waals surface area contributed by atoms with Gasteiger partial charge in [-0.2, -0.15) is 13.2 Å². The Bertz CT molecular complexity index is 1130. The first-order valence-electron chi connectivity index (χ1n) is 8.84. The zero-order valence-corrected chi connectivity index (χ0v) is 17.3. The van der Waals surface area contributed by atoms with Gasteiger partial charge in [-0.05, 0) is 18.2 Å². The fourth-order valence-corrected chi connectivity index (χ4v) is 2.77. The fourth-order valence-electron chi connectivity index (χ4n) is 2.58. The van der Waals surface area contributed by atoms with Crippen molar-refractivity contribution in [2.24, 2.45) is 0 Å². The quantitative estimate of drug-likeness (QED) is 0.254. The molecule has 1 fully saturated rings. The molecule has 1 aliphatic rings. The average Bonchev–Trinajstić information content (AvgIpc) is 2.64. The van der Waals surface area contributed by atoms with Crippen molar-refractivity contribution in [3.63, 3.8) is 0 Å². The number of carbonyl (C=O) groups excluding carboxylic acids is 2. The van der Waals surface area contributed by atoms with Gasteiger partial charge in [0.25, 0.3) is 5.79 Å². The third-order valence-corrected chi connectivity index (χ3v) is 4.34. The van der Waals surface area contributed by atoms with Gasteiger partial charge >= 0.3 is 18.1 Å². The molecule has 0 spiro atoms. The molecule has 2 aromatic rings. The molecule has 1 saturated heterocycles. The Morgan fingerprint density at radius 1 is 0.970 bits per heavy atom. The number of cyclic esters (lactones) is 2. The molecule has 0 unspecified atom stereocenters. The van der Waals surface area contributed by atoms with Crippen molar-refractivity contribution in [3.8, 4) is 11.5 Å². The zero-order chi connectivity index (χ0) is 24.7. The molecule has 1 heterocycles. The van der Waals surface area contributed by atoms with Crippen LogP contribution in [0.4, 0.5) is 32.0 Å². The van der Waals surface area contributed by atoms with Crippen molar-refractivity contribution in [3.05, 3.63) is 64.1 Å². The molecule has 176 valence electrons. The highest BCUT2D eigenvalue weighted by molar-refractivity contribution is 6.32. The molecule has 0 atom stereocenters. The second-order valence-electron chi connectivity index (χ2n) is 7.01. The van der Waals surface area contributed by atoms with Gasteiger partial charge in [0.1, 0.15) is 11.6 Å². The molecule has 0 bridgehead atoms. The van der Waals surface area contributed by atoms with Gasteiger partial charge in [0, 0.05) is 26.1 Å². The van der Waals surface area contributed by atoms with Gasteiger partial charge in [0.15, 0.2) is 23.0 Å². The first-order valence-corrected chi connectivity index (χ1v) is 9.22. The van der Waals surface area contributed by atoms with Gasteiger partial charge in [-0.3, -0.25) is 0 Å². The van der Waals surface area contributed by atoms with E-state index in [0.717, 1.165) is 12.3 Å². The molecule has 33 heavy (non-hydrogen) atoms. The second kappa shape index (κ2) is 8.50. The van der Waals surface area contributed by atoms with E-state index in [4.69, 9.17) is 25.8 Å². The fraction of sp³-hybridized carbons (Fsp3) is 0.200. The van der Waals surface area contributed by atoms with E-state index in [1.54, 1.807) is 0 Å². The number of hydrogen-bond acceptors (Lipinski definition) is 6. The molecule has 0 saturated carbocycles. The van der Waals surface area contributed by atoms with Crippen LogP contribution in [0.2, 0.25) is 5.02 Å². The van der Waals surface area contributed by atoms with Gasteiger partial charge in [0.2, 0.25) is 0 Å². The summed E-state index contributed by atoms with van der Waals surface area (Å²) in [5.74, 6) is -9.81. The molecule has 1 N–H and O–H groups in total. The lowest BCUT2D eigenvalue weighted by molar-refractivity contribution is -0.222. The van der Waals surface area contributed by atoms with Crippen LogP contribution >= 0.6 is 11.6 Å². The van der Waals surface area contributed by atoms with E-state index >= 15 is 0 Å². The molecule has 0 radical (unpaired) electrons. The minimum Gasteiger partial charge on any atom is -0.450 e. The molecule has 13 heteroatoms. The maximum Gasteiger partial charge on any atom is 0.416 e. The lowest BCUT2D eigenvalue weighted by Crippen LogP contribution is -2.42. The van der Waals surface area contributed by atoms with Crippen LogP contribution in [-0.2, 0) is 25.2 Å². The lowest BCUT2D eigenvalue weighted by atomic mass is 10.2. The maximum absolute atomic E-state index is 14.2. The van der Waals surface area contributed by atoms with E-state index in [9.17, 15) is 35.9 Å². The second-order valence-corrected chi connectivity index (χ2v) is 7.42. The topological polar surface area (TPSA) is 73.9 Å². The van der Waals surface area contributed by atoms with E-state index < -0.39 is 74.7 Å². The number of carbonyl (C=O) groups is 2. The van der Waals surface area contributed by atoms with Crippen LogP contribution in [-0.4, -0.2) is 17.7 Å². The van der Waals surface area contributed by atoms with Crippen molar-refractivity contribution >= 4 is 29.2 Å². The van der Waals surface area contributed by atoms with Crippen LogP contribution in [0, 0.1) is 17.5 Å². The predicted molar refractivity (Wildman–Crippen MR) is 101 cm³/mol. The van der Waals surface area contributed by atoms with Crippen molar-refractivity contribution in [2.45, 2.75) is 25.8 Å². The molecular weight excluding hydrogens is 484 g/mol. The number of nitrogens with one attached hydrogen (secondary N) is 1. The summed E-state index contributed by atoms with van der Waals surface area (Å²) in [6, 6.07) is 1.50. The largest absolute Gasteiger partial charge is 0.450 e. The molecule has 0 aliphatic carbocycles. The molecule has 3 rings (SSSR count). The normalized spacial score (nSPS) is 15.6. The van der Waals surface area contributed by atoms with Crippen LogP contribution in [0.5, 0.6) is 11.5 Å².